The number of carbonyl (C=O) groups excluding carboxylic acids is 1. The molecule has 0 bridgehead atoms. The standard InChI is InChI=1S/C18H16N2O3/c1-22-16-10-3-6-13(17(16)23-2)18(21)20-15-9-4-8-14-12(15)7-5-11-19-14/h3-11H,1-2H3,(H,20,21). The second-order valence-electron chi connectivity index (χ2n) is 4.87. The van der Waals surface area contributed by atoms with E-state index < -0.39 is 0 Å². The first-order valence-corrected chi connectivity index (χ1v) is 7.10. The minimum absolute atomic E-state index is 0.267. The fourth-order valence-electron chi connectivity index (χ4n) is 2.47. The number of hydrogen-bond acceptors (Lipinski definition) is 4. The van der Waals surface area contributed by atoms with E-state index in [4.69, 9.17) is 9.47 Å². The fraction of sp³-hybridized carbons (Fsp3) is 0.111. The third-order valence-corrected chi connectivity index (χ3v) is 3.54. The van der Waals surface area contributed by atoms with Crippen molar-refractivity contribution in [2.75, 3.05) is 19.5 Å². The van der Waals surface area contributed by atoms with Gasteiger partial charge in [0, 0.05) is 11.6 Å². The highest BCUT2D eigenvalue weighted by Gasteiger charge is 2.17. The van der Waals surface area contributed by atoms with Gasteiger partial charge >= 0.3 is 0 Å². The molecule has 0 spiro atoms. The molecule has 0 saturated carbocycles. The Bertz CT molecular complexity index is 857. The topological polar surface area (TPSA) is 60.5 Å². The van der Waals surface area contributed by atoms with Gasteiger partial charge in [0.05, 0.1) is 31.0 Å². The van der Waals surface area contributed by atoms with Gasteiger partial charge in [0.15, 0.2) is 11.5 Å². The third-order valence-electron chi connectivity index (χ3n) is 3.54. The van der Waals surface area contributed by atoms with Gasteiger partial charge in [-0.1, -0.05) is 12.1 Å². The van der Waals surface area contributed by atoms with Crippen LogP contribution < -0.4 is 14.8 Å². The van der Waals surface area contributed by atoms with E-state index in [1.807, 2.05) is 30.3 Å². The highest BCUT2D eigenvalue weighted by molar-refractivity contribution is 6.10. The normalized spacial score (nSPS) is 10.3. The summed E-state index contributed by atoms with van der Waals surface area (Å²) in [7, 11) is 3.05. The number of nitrogens with one attached hydrogen (secondary N) is 1. The molecule has 0 fully saturated rings. The number of fused-ring (bicyclic) bond motifs is 1. The summed E-state index contributed by atoms with van der Waals surface area (Å²) >= 11 is 0. The molecule has 0 unspecified atom stereocenters. The Morgan fingerprint density at radius 1 is 1.00 bits per heavy atom. The van der Waals surface area contributed by atoms with Crippen molar-refractivity contribution in [1.82, 2.24) is 4.98 Å². The summed E-state index contributed by atoms with van der Waals surface area (Å²) in [6, 6.07) is 14.5. The first-order valence-electron chi connectivity index (χ1n) is 7.10. The molecular formula is C18H16N2O3. The first kappa shape index (κ1) is 14.8. The summed E-state index contributed by atoms with van der Waals surface area (Å²) in [5.41, 5.74) is 1.93. The molecule has 0 atom stereocenters. The molecule has 0 aliphatic heterocycles. The monoisotopic (exact) mass is 308 g/mol. The third kappa shape index (κ3) is 2.81. The number of methoxy groups -OCH3 is 2. The van der Waals surface area contributed by atoms with E-state index in [2.05, 4.69) is 10.3 Å². The number of pyridine rings is 1. The predicted octanol–water partition coefficient (Wildman–Crippen LogP) is 3.50. The minimum Gasteiger partial charge on any atom is -0.493 e. The van der Waals surface area contributed by atoms with E-state index in [0.29, 0.717) is 22.7 Å². The van der Waals surface area contributed by atoms with E-state index in [1.54, 1.807) is 24.4 Å². The number of aromatic nitrogens is 1. The van der Waals surface area contributed by atoms with Gasteiger partial charge in [-0.3, -0.25) is 9.78 Å². The maximum absolute atomic E-state index is 12.6. The van der Waals surface area contributed by atoms with E-state index in [1.165, 1.54) is 14.2 Å². The summed E-state index contributed by atoms with van der Waals surface area (Å²) in [5.74, 6) is 0.655. The molecule has 0 radical (unpaired) electrons. The molecule has 3 rings (SSSR count). The number of hydrogen-bond donors (Lipinski definition) is 1. The number of nitrogens with zero attached hydrogens (tertiary/aromatic N) is 1. The van der Waals surface area contributed by atoms with Crippen molar-refractivity contribution in [1.29, 1.82) is 0 Å². The molecular weight excluding hydrogens is 292 g/mol. The van der Waals surface area contributed by atoms with Gasteiger partial charge in [0.2, 0.25) is 0 Å². The average Bonchev–Trinajstić information content (AvgIpc) is 2.61. The van der Waals surface area contributed by atoms with Gasteiger partial charge in [-0.05, 0) is 36.4 Å². The van der Waals surface area contributed by atoms with Crippen molar-refractivity contribution in [3.05, 3.63) is 60.3 Å². The zero-order chi connectivity index (χ0) is 16.2. The van der Waals surface area contributed by atoms with Gasteiger partial charge in [-0.25, -0.2) is 0 Å². The smallest absolute Gasteiger partial charge is 0.259 e. The second-order valence-corrected chi connectivity index (χ2v) is 4.87. The molecule has 5 nitrogen and oxygen atoms in total. The Labute approximate surface area is 133 Å². The highest BCUT2D eigenvalue weighted by atomic mass is 16.5. The van der Waals surface area contributed by atoms with Crippen LogP contribution in [-0.2, 0) is 0 Å². The van der Waals surface area contributed by atoms with Crippen LogP contribution in [-0.4, -0.2) is 25.1 Å². The minimum atomic E-state index is -0.267. The SMILES string of the molecule is COc1cccc(C(=O)Nc2cccc3ncccc23)c1OC. The van der Waals surface area contributed by atoms with Crippen molar-refractivity contribution in [2.45, 2.75) is 0 Å². The Kier molecular flexibility index (Phi) is 4.10. The molecule has 1 N–H and O–H groups in total. The first-order chi connectivity index (χ1) is 11.2. The lowest BCUT2D eigenvalue weighted by molar-refractivity contribution is 0.102. The summed E-state index contributed by atoms with van der Waals surface area (Å²) in [6.45, 7) is 0. The van der Waals surface area contributed by atoms with Crippen LogP contribution >= 0.6 is 0 Å². The molecule has 1 heterocycles. The summed E-state index contributed by atoms with van der Waals surface area (Å²) in [5, 5.41) is 3.79. The molecule has 116 valence electrons. The zero-order valence-corrected chi connectivity index (χ0v) is 12.9. The van der Waals surface area contributed by atoms with Crippen molar-refractivity contribution in [3.63, 3.8) is 0 Å². The van der Waals surface area contributed by atoms with E-state index in [-0.39, 0.29) is 5.91 Å². The lowest BCUT2D eigenvalue weighted by atomic mass is 10.1. The molecule has 1 amide bonds. The van der Waals surface area contributed by atoms with Crippen LogP contribution in [0.25, 0.3) is 10.9 Å². The van der Waals surface area contributed by atoms with Crippen LogP contribution in [0.1, 0.15) is 10.4 Å². The van der Waals surface area contributed by atoms with Crippen molar-refractivity contribution < 1.29 is 14.3 Å². The molecule has 5 heteroatoms. The van der Waals surface area contributed by atoms with Crippen molar-refractivity contribution >= 4 is 22.5 Å². The number of carbonyl (C=O) groups is 1. The van der Waals surface area contributed by atoms with Gasteiger partial charge < -0.3 is 14.8 Å². The van der Waals surface area contributed by atoms with Crippen LogP contribution in [0, 0.1) is 0 Å². The number of ether oxygens (including phenoxy) is 2. The van der Waals surface area contributed by atoms with Crippen LogP contribution in [0.15, 0.2) is 54.7 Å². The number of amides is 1. The molecule has 2 aromatic carbocycles. The van der Waals surface area contributed by atoms with Crippen LogP contribution in [0.3, 0.4) is 0 Å². The van der Waals surface area contributed by atoms with Crippen LogP contribution in [0.2, 0.25) is 0 Å². The van der Waals surface area contributed by atoms with Crippen molar-refractivity contribution in [2.24, 2.45) is 0 Å². The Morgan fingerprint density at radius 3 is 2.61 bits per heavy atom. The lowest BCUT2D eigenvalue weighted by Crippen LogP contribution is -2.14. The van der Waals surface area contributed by atoms with Gasteiger partial charge in [-0.2, -0.15) is 0 Å². The molecule has 23 heavy (non-hydrogen) atoms. The summed E-state index contributed by atoms with van der Waals surface area (Å²) in [6.07, 6.45) is 1.72. The number of para-hydroxylation sites is 1. The summed E-state index contributed by atoms with van der Waals surface area (Å²) < 4.78 is 10.5. The Hall–Kier alpha value is -3.08. The molecule has 3 aromatic rings. The van der Waals surface area contributed by atoms with Crippen LogP contribution in [0.4, 0.5) is 5.69 Å². The highest BCUT2D eigenvalue weighted by Crippen LogP contribution is 2.31. The maximum atomic E-state index is 12.6. The zero-order valence-electron chi connectivity index (χ0n) is 12.9. The average molecular weight is 308 g/mol. The molecule has 0 aliphatic carbocycles. The van der Waals surface area contributed by atoms with Crippen LogP contribution in [0.5, 0.6) is 11.5 Å². The quantitative estimate of drug-likeness (QED) is 0.801. The molecule has 0 aliphatic rings. The Morgan fingerprint density at radius 2 is 1.83 bits per heavy atom. The van der Waals surface area contributed by atoms with Gasteiger partial charge in [0.1, 0.15) is 0 Å². The number of benzene rings is 2. The van der Waals surface area contributed by atoms with E-state index >= 15 is 0 Å². The largest absolute Gasteiger partial charge is 0.493 e. The van der Waals surface area contributed by atoms with Gasteiger partial charge in [-0.15, -0.1) is 0 Å². The number of anilines is 1. The maximum Gasteiger partial charge on any atom is 0.259 e. The summed E-state index contributed by atoms with van der Waals surface area (Å²) in [4.78, 5) is 16.9. The van der Waals surface area contributed by atoms with E-state index in [0.717, 1.165) is 10.9 Å². The molecule has 0 saturated heterocycles. The van der Waals surface area contributed by atoms with E-state index in [9.17, 15) is 4.79 Å². The second kappa shape index (κ2) is 6.36. The van der Waals surface area contributed by atoms with Gasteiger partial charge in [0.25, 0.3) is 5.91 Å². The lowest BCUT2D eigenvalue weighted by Gasteiger charge is -2.13. The number of rotatable bonds is 4. The van der Waals surface area contributed by atoms with Crippen molar-refractivity contribution in [3.8, 4) is 11.5 Å². The fourth-order valence-corrected chi connectivity index (χ4v) is 2.47. The molecule has 1 aromatic heterocycles. The predicted molar refractivity (Wildman–Crippen MR) is 89.2 cm³/mol. The Balaban J connectivity index is 1.99.